The molecule has 6 aromatic rings. The van der Waals surface area contributed by atoms with E-state index in [-0.39, 0.29) is 38.6 Å². The maximum Gasteiger partial charge on any atom is 3.00 e. The van der Waals surface area contributed by atoms with Gasteiger partial charge in [-0.1, -0.05) is 122 Å². The molecule has 0 aliphatic rings. The number of hydrogen-bond acceptors (Lipinski definition) is 1. The standard InChI is InChI=1S/C43H43N2.Au/c1-41(2,3)34-17-13-28(14-18-34)31-23-32(29-15-19-35(20-16-29)42(4,5)6)25-33(24-31)38-11-10-12-39(45-38)37-27-36(43(7,8)9)26-30-21-22-44-40(30)37;/h10-15,17-24,26-27H,1-9H3;/q-3;+3. The van der Waals surface area contributed by atoms with E-state index in [0.29, 0.717) is 0 Å². The topological polar surface area (TPSA) is 27.0 Å². The largest absolute Gasteiger partial charge is 3.00 e. The summed E-state index contributed by atoms with van der Waals surface area (Å²) in [5, 5.41) is 1.15. The zero-order valence-corrected chi connectivity index (χ0v) is 30.6. The maximum atomic E-state index is 5.25. The first-order valence-corrected chi connectivity index (χ1v) is 15.9. The van der Waals surface area contributed by atoms with E-state index in [2.05, 4.69) is 165 Å². The Morgan fingerprint density at radius 2 is 1.20 bits per heavy atom. The van der Waals surface area contributed by atoms with Crippen molar-refractivity contribution in [1.29, 1.82) is 0 Å². The summed E-state index contributed by atoms with van der Waals surface area (Å²) in [6, 6.07) is 40.1. The van der Waals surface area contributed by atoms with Crippen molar-refractivity contribution in [2.75, 3.05) is 0 Å². The first-order valence-electron chi connectivity index (χ1n) is 15.9. The molecule has 0 aliphatic carbocycles. The molecule has 6 rings (SSSR count). The zero-order valence-electron chi connectivity index (χ0n) is 28.4. The Bertz CT molecular complexity index is 1900. The van der Waals surface area contributed by atoms with E-state index in [1.807, 2.05) is 6.20 Å². The third-order valence-electron chi connectivity index (χ3n) is 8.69. The normalized spacial score (nSPS) is 12.3. The summed E-state index contributed by atoms with van der Waals surface area (Å²) in [5.41, 5.74) is 13.2. The number of nitrogens with zero attached hydrogens (tertiary/aromatic N) is 2. The van der Waals surface area contributed by atoms with E-state index in [9.17, 15) is 0 Å². The molecule has 0 saturated heterocycles. The summed E-state index contributed by atoms with van der Waals surface area (Å²) in [7, 11) is 0. The number of benzene rings is 4. The average Bonchev–Trinajstić information content (AvgIpc) is 3.48. The van der Waals surface area contributed by atoms with Gasteiger partial charge in [0.1, 0.15) is 0 Å². The molecule has 0 saturated carbocycles. The number of fused-ring (bicyclic) bond motifs is 1. The van der Waals surface area contributed by atoms with Crippen molar-refractivity contribution in [1.82, 2.24) is 9.97 Å². The SMILES string of the molecule is CC(C)(C)c1c[c-]c(-c2[c-]c(-c3cccc(-c4cc(C(C)(C)C)cc5cc[n-]c45)n3)cc(-c3ccc(C(C)(C)C)cc3)c2)cc1.[Au+3]. The van der Waals surface area contributed by atoms with Crippen LogP contribution in [0.3, 0.4) is 0 Å². The van der Waals surface area contributed by atoms with Gasteiger partial charge in [-0.05, 0) is 50.0 Å². The van der Waals surface area contributed by atoms with Gasteiger partial charge >= 0.3 is 22.4 Å². The van der Waals surface area contributed by atoms with Crippen LogP contribution < -0.4 is 4.98 Å². The molecule has 0 atom stereocenters. The predicted molar refractivity (Wildman–Crippen MR) is 191 cm³/mol. The van der Waals surface area contributed by atoms with Crippen LogP contribution in [0.4, 0.5) is 0 Å². The molecular weight excluding hydrogens is 741 g/mol. The van der Waals surface area contributed by atoms with E-state index in [0.717, 1.165) is 50.1 Å². The first-order chi connectivity index (χ1) is 21.2. The number of aromatic nitrogens is 2. The van der Waals surface area contributed by atoms with Crippen LogP contribution in [0.2, 0.25) is 0 Å². The Morgan fingerprint density at radius 1 is 0.565 bits per heavy atom. The fourth-order valence-electron chi connectivity index (χ4n) is 5.72. The van der Waals surface area contributed by atoms with Crippen molar-refractivity contribution in [3.63, 3.8) is 0 Å². The van der Waals surface area contributed by atoms with Crippen LogP contribution in [0.5, 0.6) is 0 Å². The van der Waals surface area contributed by atoms with E-state index in [1.165, 1.54) is 22.3 Å². The number of pyridine rings is 1. The minimum Gasteiger partial charge on any atom is -0.663 e. The van der Waals surface area contributed by atoms with Gasteiger partial charge in [0.2, 0.25) is 0 Å². The van der Waals surface area contributed by atoms with Gasteiger partial charge in [-0.2, -0.15) is 42.1 Å². The van der Waals surface area contributed by atoms with Gasteiger partial charge in [0.25, 0.3) is 0 Å². The summed E-state index contributed by atoms with van der Waals surface area (Å²) < 4.78 is 0. The van der Waals surface area contributed by atoms with Gasteiger partial charge < -0.3 is 4.98 Å². The smallest absolute Gasteiger partial charge is 0.663 e. The van der Waals surface area contributed by atoms with Crippen LogP contribution >= 0.6 is 0 Å². The fraction of sp³-hybridized carbons (Fsp3) is 0.279. The third-order valence-corrected chi connectivity index (χ3v) is 8.69. The van der Waals surface area contributed by atoms with E-state index in [4.69, 9.17) is 9.97 Å². The Balaban J connectivity index is 0.00000417. The molecule has 2 nitrogen and oxygen atoms in total. The molecule has 2 heterocycles. The minimum atomic E-state index is 0. The van der Waals surface area contributed by atoms with E-state index < -0.39 is 0 Å². The Kier molecular flexibility index (Phi) is 9.14. The third kappa shape index (κ3) is 7.00. The number of rotatable bonds is 4. The molecule has 0 radical (unpaired) electrons. The van der Waals surface area contributed by atoms with Crippen LogP contribution in [-0.4, -0.2) is 4.98 Å². The summed E-state index contributed by atoms with van der Waals surface area (Å²) in [6.45, 7) is 20.2. The Labute approximate surface area is 291 Å². The molecule has 0 bridgehead atoms. The Morgan fingerprint density at radius 3 is 1.83 bits per heavy atom. The molecule has 4 aromatic carbocycles. The quantitative estimate of drug-likeness (QED) is 0.131. The summed E-state index contributed by atoms with van der Waals surface area (Å²) in [5.74, 6) is 0. The molecule has 236 valence electrons. The molecule has 0 amide bonds. The van der Waals surface area contributed by atoms with Crippen molar-refractivity contribution in [2.24, 2.45) is 0 Å². The predicted octanol–water partition coefficient (Wildman–Crippen LogP) is 11.4. The van der Waals surface area contributed by atoms with Gasteiger partial charge in [-0.25, -0.2) is 5.56 Å². The monoisotopic (exact) mass is 784 g/mol. The van der Waals surface area contributed by atoms with Crippen LogP contribution in [0.1, 0.15) is 79.0 Å². The molecule has 3 heteroatoms. The van der Waals surface area contributed by atoms with Gasteiger partial charge in [-0.3, -0.25) is 4.98 Å². The van der Waals surface area contributed by atoms with Gasteiger partial charge in [-0.15, -0.1) is 28.8 Å². The summed E-state index contributed by atoms with van der Waals surface area (Å²) in [6.07, 6.45) is 1.89. The molecule has 0 N–H and O–H groups in total. The average molecular weight is 785 g/mol. The van der Waals surface area contributed by atoms with Crippen molar-refractivity contribution in [3.05, 3.63) is 126 Å². The molecule has 0 fully saturated rings. The van der Waals surface area contributed by atoms with Crippen molar-refractivity contribution in [3.8, 4) is 44.8 Å². The second-order valence-electron chi connectivity index (χ2n) is 15.3. The van der Waals surface area contributed by atoms with E-state index >= 15 is 0 Å². The van der Waals surface area contributed by atoms with Crippen LogP contribution in [0.25, 0.3) is 55.7 Å². The van der Waals surface area contributed by atoms with Gasteiger partial charge in [0.15, 0.2) is 0 Å². The van der Waals surface area contributed by atoms with Crippen LogP contribution in [-0.2, 0) is 38.6 Å². The second kappa shape index (κ2) is 12.5. The molecule has 0 aliphatic heterocycles. The maximum absolute atomic E-state index is 5.25. The molecular formula is C43H43AuN2. The van der Waals surface area contributed by atoms with Gasteiger partial charge in [0, 0.05) is 5.69 Å². The van der Waals surface area contributed by atoms with Crippen LogP contribution in [0.15, 0.2) is 97.2 Å². The molecule has 2 aromatic heterocycles. The fourth-order valence-corrected chi connectivity index (χ4v) is 5.72. The summed E-state index contributed by atoms with van der Waals surface area (Å²) >= 11 is 0. The molecule has 0 spiro atoms. The second-order valence-corrected chi connectivity index (χ2v) is 15.3. The van der Waals surface area contributed by atoms with Crippen molar-refractivity contribution >= 4 is 10.9 Å². The van der Waals surface area contributed by atoms with Gasteiger partial charge in [0.05, 0.1) is 5.69 Å². The van der Waals surface area contributed by atoms with Crippen LogP contribution in [0, 0.1) is 12.1 Å². The first kappa shape index (κ1) is 33.7. The summed E-state index contributed by atoms with van der Waals surface area (Å²) in [4.78, 5) is 9.97. The van der Waals surface area contributed by atoms with Crippen molar-refractivity contribution in [2.45, 2.75) is 78.6 Å². The van der Waals surface area contributed by atoms with Crippen molar-refractivity contribution < 1.29 is 22.4 Å². The molecule has 46 heavy (non-hydrogen) atoms. The zero-order chi connectivity index (χ0) is 32.1. The number of hydrogen-bond donors (Lipinski definition) is 0. The minimum absolute atomic E-state index is 0. The van der Waals surface area contributed by atoms with E-state index in [1.54, 1.807) is 0 Å². The molecule has 0 unspecified atom stereocenters. The Hall–Kier alpha value is -3.69.